The molecule has 1 aliphatic rings. The number of ether oxygens (including phenoxy) is 1. The molecule has 0 unspecified atom stereocenters. The number of benzene rings is 1. The third-order valence-corrected chi connectivity index (χ3v) is 3.66. The predicted octanol–water partition coefficient (Wildman–Crippen LogP) is 2.89. The average molecular weight is 219 g/mol. The molecule has 88 valence electrons. The Kier molecular flexibility index (Phi) is 3.49. The summed E-state index contributed by atoms with van der Waals surface area (Å²) >= 11 is 0. The van der Waals surface area contributed by atoms with Crippen molar-refractivity contribution in [3.63, 3.8) is 0 Å². The van der Waals surface area contributed by atoms with Gasteiger partial charge in [-0.1, -0.05) is 30.5 Å². The van der Waals surface area contributed by atoms with E-state index in [2.05, 4.69) is 19.1 Å². The third kappa shape index (κ3) is 2.56. The Morgan fingerprint density at radius 1 is 1.19 bits per heavy atom. The summed E-state index contributed by atoms with van der Waals surface area (Å²) in [6.07, 6.45) is 5.04. The Labute approximate surface area is 97.8 Å². The molecule has 1 saturated carbocycles. The topological polar surface area (TPSA) is 35.2 Å². The number of hydrogen-bond donors (Lipinski definition) is 1. The molecule has 0 heterocycles. The minimum absolute atomic E-state index is 0.241. The van der Waals surface area contributed by atoms with E-state index in [1.807, 2.05) is 12.1 Å². The Balaban J connectivity index is 1.93. The van der Waals surface area contributed by atoms with Crippen molar-refractivity contribution in [1.29, 1.82) is 0 Å². The lowest BCUT2D eigenvalue weighted by Crippen LogP contribution is -2.33. The summed E-state index contributed by atoms with van der Waals surface area (Å²) in [5.41, 5.74) is 7.38. The second-order valence-electron chi connectivity index (χ2n) is 5.01. The summed E-state index contributed by atoms with van der Waals surface area (Å²) in [7, 11) is 0. The zero-order valence-electron chi connectivity index (χ0n) is 10.0. The second-order valence-corrected chi connectivity index (χ2v) is 5.01. The van der Waals surface area contributed by atoms with Gasteiger partial charge < -0.3 is 10.5 Å². The molecular formula is C14H21NO. The summed E-state index contributed by atoms with van der Waals surface area (Å²) in [6, 6.07) is 8.24. The van der Waals surface area contributed by atoms with E-state index < -0.39 is 0 Å². The molecule has 1 aromatic carbocycles. The van der Waals surface area contributed by atoms with E-state index >= 15 is 0 Å². The van der Waals surface area contributed by atoms with Crippen LogP contribution in [0.2, 0.25) is 0 Å². The average Bonchev–Trinajstić information content (AvgIpc) is 2.78. The molecule has 2 N–H and O–H groups in total. The van der Waals surface area contributed by atoms with Gasteiger partial charge in [0.1, 0.15) is 5.75 Å². The van der Waals surface area contributed by atoms with Crippen LogP contribution in [0.15, 0.2) is 24.3 Å². The van der Waals surface area contributed by atoms with Crippen LogP contribution in [0, 0.1) is 12.3 Å². The van der Waals surface area contributed by atoms with Gasteiger partial charge in [0, 0.05) is 12.0 Å². The molecule has 0 aliphatic heterocycles. The minimum Gasteiger partial charge on any atom is -0.493 e. The number of rotatable bonds is 4. The smallest absolute Gasteiger partial charge is 0.119 e. The quantitative estimate of drug-likeness (QED) is 0.845. The summed E-state index contributed by atoms with van der Waals surface area (Å²) in [6.45, 7) is 3.60. The van der Waals surface area contributed by atoms with Gasteiger partial charge in [-0.05, 0) is 31.9 Å². The maximum Gasteiger partial charge on any atom is 0.119 e. The maximum absolute atomic E-state index is 5.88. The molecule has 2 nitrogen and oxygen atoms in total. The summed E-state index contributed by atoms with van der Waals surface area (Å²) in [5.74, 6) is 0.963. The second kappa shape index (κ2) is 4.88. The van der Waals surface area contributed by atoms with E-state index in [1.165, 1.54) is 31.2 Å². The molecule has 2 rings (SSSR count). The Bertz CT molecular complexity index is 325. The predicted molar refractivity (Wildman–Crippen MR) is 66.6 cm³/mol. The lowest BCUT2D eigenvalue weighted by atomic mass is 9.87. The Hall–Kier alpha value is -1.02. The van der Waals surface area contributed by atoms with Crippen LogP contribution in [0.1, 0.15) is 31.2 Å². The van der Waals surface area contributed by atoms with Crippen molar-refractivity contribution in [3.8, 4) is 5.75 Å². The van der Waals surface area contributed by atoms with Crippen LogP contribution in [-0.4, -0.2) is 13.2 Å². The monoisotopic (exact) mass is 219 g/mol. The molecule has 1 aromatic rings. The van der Waals surface area contributed by atoms with Crippen LogP contribution < -0.4 is 10.5 Å². The molecule has 0 spiro atoms. The summed E-state index contributed by atoms with van der Waals surface area (Å²) in [5, 5.41) is 0. The van der Waals surface area contributed by atoms with Crippen molar-refractivity contribution in [3.05, 3.63) is 29.8 Å². The van der Waals surface area contributed by atoms with E-state index in [1.54, 1.807) is 0 Å². The van der Waals surface area contributed by atoms with E-state index in [0.717, 1.165) is 18.9 Å². The fraction of sp³-hybridized carbons (Fsp3) is 0.571. The number of hydrogen-bond acceptors (Lipinski definition) is 2. The van der Waals surface area contributed by atoms with Gasteiger partial charge in [-0.15, -0.1) is 0 Å². The molecule has 1 fully saturated rings. The molecule has 1 aliphatic carbocycles. The van der Waals surface area contributed by atoms with Crippen molar-refractivity contribution in [2.45, 2.75) is 32.6 Å². The normalized spacial score (nSPS) is 18.6. The molecule has 0 bridgehead atoms. The first kappa shape index (κ1) is 11.5. The zero-order chi connectivity index (χ0) is 11.4. The standard InChI is InChI=1S/C14H21NO/c1-12-4-6-13(7-5-12)16-11-14(10-15)8-2-3-9-14/h4-7H,2-3,8-11,15H2,1H3. The summed E-state index contributed by atoms with van der Waals surface area (Å²) < 4.78 is 5.86. The fourth-order valence-corrected chi connectivity index (χ4v) is 2.40. The molecular weight excluding hydrogens is 198 g/mol. The van der Waals surface area contributed by atoms with Gasteiger partial charge in [0.25, 0.3) is 0 Å². The van der Waals surface area contributed by atoms with E-state index in [-0.39, 0.29) is 5.41 Å². The first-order valence-corrected chi connectivity index (χ1v) is 6.14. The van der Waals surface area contributed by atoms with E-state index in [9.17, 15) is 0 Å². The Morgan fingerprint density at radius 3 is 2.38 bits per heavy atom. The molecule has 0 aromatic heterocycles. The van der Waals surface area contributed by atoms with Crippen molar-refractivity contribution in [2.75, 3.05) is 13.2 Å². The van der Waals surface area contributed by atoms with Gasteiger partial charge in [0.15, 0.2) is 0 Å². The van der Waals surface area contributed by atoms with Gasteiger partial charge in [-0.3, -0.25) is 0 Å². The van der Waals surface area contributed by atoms with Crippen LogP contribution in [0.4, 0.5) is 0 Å². The highest BCUT2D eigenvalue weighted by atomic mass is 16.5. The molecule has 0 amide bonds. The van der Waals surface area contributed by atoms with Crippen molar-refractivity contribution >= 4 is 0 Å². The van der Waals surface area contributed by atoms with Crippen LogP contribution in [0.5, 0.6) is 5.75 Å². The van der Waals surface area contributed by atoms with E-state index in [4.69, 9.17) is 10.5 Å². The number of nitrogens with two attached hydrogens (primary N) is 1. The number of aryl methyl sites for hydroxylation is 1. The molecule has 2 heteroatoms. The van der Waals surface area contributed by atoms with E-state index in [0.29, 0.717) is 0 Å². The molecule has 0 saturated heterocycles. The van der Waals surface area contributed by atoms with Gasteiger partial charge in [-0.2, -0.15) is 0 Å². The third-order valence-electron chi connectivity index (χ3n) is 3.66. The van der Waals surface area contributed by atoms with Crippen molar-refractivity contribution < 1.29 is 4.74 Å². The first-order valence-electron chi connectivity index (χ1n) is 6.14. The van der Waals surface area contributed by atoms with Gasteiger partial charge >= 0.3 is 0 Å². The maximum atomic E-state index is 5.88. The largest absolute Gasteiger partial charge is 0.493 e. The first-order chi connectivity index (χ1) is 7.74. The summed E-state index contributed by atoms with van der Waals surface area (Å²) in [4.78, 5) is 0. The highest BCUT2D eigenvalue weighted by molar-refractivity contribution is 5.26. The SMILES string of the molecule is Cc1ccc(OCC2(CN)CCCC2)cc1. The van der Waals surface area contributed by atoms with Crippen LogP contribution >= 0.6 is 0 Å². The fourth-order valence-electron chi connectivity index (χ4n) is 2.40. The van der Waals surface area contributed by atoms with Crippen LogP contribution in [0.25, 0.3) is 0 Å². The zero-order valence-corrected chi connectivity index (χ0v) is 10.0. The van der Waals surface area contributed by atoms with Crippen molar-refractivity contribution in [1.82, 2.24) is 0 Å². The Morgan fingerprint density at radius 2 is 1.81 bits per heavy atom. The molecule has 0 atom stereocenters. The van der Waals surface area contributed by atoms with Gasteiger partial charge in [-0.25, -0.2) is 0 Å². The highest BCUT2D eigenvalue weighted by Gasteiger charge is 2.33. The lowest BCUT2D eigenvalue weighted by molar-refractivity contribution is 0.157. The van der Waals surface area contributed by atoms with Crippen LogP contribution in [-0.2, 0) is 0 Å². The highest BCUT2D eigenvalue weighted by Crippen LogP contribution is 2.37. The molecule has 0 radical (unpaired) electrons. The minimum atomic E-state index is 0.241. The van der Waals surface area contributed by atoms with Gasteiger partial charge in [0.05, 0.1) is 6.61 Å². The van der Waals surface area contributed by atoms with Crippen LogP contribution in [0.3, 0.4) is 0 Å². The lowest BCUT2D eigenvalue weighted by Gasteiger charge is -2.27. The van der Waals surface area contributed by atoms with Crippen molar-refractivity contribution in [2.24, 2.45) is 11.1 Å². The molecule has 16 heavy (non-hydrogen) atoms. The van der Waals surface area contributed by atoms with Gasteiger partial charge in [0.2, 0.25) is 0 Å².